The Morgan fingerprint density at radius 1 is 1.14 bits per heavy atom. The lowest BCUT2D eigenvalue weighted by atomic mass is 9.96. The number of allylic oxidation sites excluding steroid dienone is 1. The molecular formula is C17H28N2O3. The summed E-state index contributed by atoms with van der Waals surface area (Å²) in [5, 5.41) is 5.90. The lowest BCUT2D eigenvalue weighted by Gasteiger charge is -2.23. The van der Waals surface area contributed by atoms with Crippen LogP contribution in [-0.4, -0.2) is 24.6 Å². The number of urea groups is 1. The zero-order valence-electron chi connectivity index (χ0n) is 13.6. The Morgan fingerprint density at radius 2 is 1.91 bits per heavy atom. The topological polar surface area (TPSA) is 67.4 Å². The van der Waals surface area contributed by atoms with E-state index in [2.05, 4.69) is 17.6 Å². The summed E-state index contributed by atoms with van der Waals surface area (Å²) in [4.78, 5) is 24.1. The highest BCUT2D eigenvalue weighted by Gasteiger charge is 2.24. The van der Waals surface area contributed by atoms with E-state index in [1.807, 2.05) is 0 Å². The van der Waals surface area contributed by atoms with Gasteiger partial charge in [-0.15, -0.1) is 0 Å². The lowest BCUT2D eigenvalue weighted by molar-refractivity contribution is -0.139. The summed E-state index contributed by atoms with van der Waals surface area (Å²) < 4.78 is 5.26. The number of hydrogen-bond donors (Lipinski definition) is 2. The van der Waals surface area contributed by atoms with Gasteiger partial charge < -0.3 is 15.4 Å². The molecule has 0 radical (unpaired) electrons. The first-order valence-corrected chi connectivity index (χ1v) is 8.67. The molecule has 0 saturated heterocycles. The zero-order chi connectivity index (χ0) is 15.8. The zero-order valence-corrected chi connectivity index (χ0v) is 13.6. The first-order valence-electron chi connectivity index (χ1n) is 8.67. The van der Waals surface area contributed by atoms with Crippen molar-refractivity contribution in [1.82, 2.24) is 10.6 Å². The fourth-order valence-electron chi connectivity index (χ4n) is 3.11. The van der Waals surface area contributed by atoms with Crippen molar-refractivity contribution in [3.05, 3.63) is 11.3 Å². The molecule has 2 aliphatic rings. The molecule has 5 nitrogen and oxygen atoms in total. The molecule has 2 rings (SSSR count). The maximum atomic E-state index is 12.1. The largest absolute Gasteiger partial charge is 0.462 e. The summed E-state index contributed by atoms with van der Waals surface area (Å²) in [5.74, 6) is -0.265. The highest BCUT2D eigenvalue weighted by atomic mass is 16.5. The standard InChI is InChI=1S/C17H28N2O3/c1-2-3-12-22-16(20)14-10-7-11-15(14)19-17(21)18-13-8-5-4-6-9-13/h13H,2-12H2,1H3,(H2,18,19,21). The Balaban J connectivity index is 1.84. The summed E-state index contributed by atoms with van der Waals surface area (Å²) in [6, 6.07) is 0.0957. The molecule has 0 aromatic heterocycles. The van der Waals surface area contributed by atoms with Crippen LogP contribution in [0.4, 0.5) is 4.79 Å². The van der Waals surface area contributed by atoms with Crippen molar-refractivity contribution in [2.75, 3.05) is 6.61 Å². The van der Waals surface area contributed by atoms with Crippen LogP contribution < -0.4 is 10.6 Å². The van der Waals surface area contributed by atoms with Crippen molar-refractivity contribution in [3.8, 4) is 0 Å². The highest BCUT2D eigenvalue weighted by molar-refractivity contribution is 5.91. The van der Waals surface area contributed by atoms with Gasteiger partial charge in [-0.05, 0) is 38.5 Å². The van der Waals surface area contributed by atoms with Crippen molar-refractivity contribution in [3.63, 3.8) is 0 Å². The molecule has 1 fully saturated rings. The van der Waals surface area contributed by atoms with E-state index >= 15 is 0 Å². The summed E-state index contributed by atoms with van der Waals surface area (Å²) in [6.45, 7) is 2.52. The van der Waals surface area contributed by atoms with Crippen LogP contribution in [0.2, 0.25) is 0 Å². The van der Waals surface area contributed by atoms with E-state index in [-0.39, 0.29) is 18.0 Å². The minimum Gasteiger partial charge on any atom is -0.462 e. The van der Waals surface area contributed by atoms with Gasteiger partial charge in [0.1, 0.15) is 0 Å². The molecule has 0 unspecified atom stereocenters. The van der Waals surface area contributed by atoms with Gasteiger partial charge in [0.05, 0.1) is 12.2 Å². The van der Waals surface area contributed by atoms with E-state index in [1.165, 1.54) is 19.3 Å². The molecule has 0 bridgehead atoms. The van der Waals surface area contributed by atoms with Crippen molar-refractivity contribution < 1.29 is 14.3 Å². The quantitative estimate of drug-likeness (QED) is 0.584. The van der Waals surface area contributed by atoms with E-state index in [1.54, 1.807) is 0 Å². The molecule has 2 aliphatic carbocycles. The van der Waals surface area contributed by atoms with Crippen LogP contribution in [0.3, 0.4) is 0 Å². The van der Waals surface area contributed by atoms with Crippen LogP contribution in [0.15, 0.2) is 11.3 Å². The molecule has 1 saturated carbocycles. The Morgan fingerprint density at radius 3 is 2.64 bits per heavy atom. The molecule has 2 amide bonds. The van der Waals surface area contributed by atoms with Gasteiger partial charge in [0.15, 0.2) is 0 Å². The second-order valence-corrected chi connectivity index (χ2v) is 6.23. The van der Waals surface area contributed by atoms with Crippen molar-refractivity contribution in [2.24, 2.45) is 0 Å². The molecule has 0 aromatic carbocycles. The van der Waals surface area contributed by atoms with Crippen molar-refractivity contribution in [2.45, 2.75) is 77.2 Å². The number of carbonyl (C=O) groups is 2. The van der Waals surface area contributed by atoms with Crippen LogP contribution in [-0.2, 0) is 9.53 Å². The third-order valence-electron chi connectivity index (χ3n) is 4.40. The number of esters is 1. The second-order valence-electron chi connectivity index (χ2n) is 6.23. The number of rotatable bonds is 6. The van der Waals surface area contributed by atoms with Gasteiger partial charge in [-0.25, -0.2) is 9.59 Å². The van der Waals surface area contributed by atoms with Gasteiger partial charge in [0, 0.05) is 11.7 Å². The predicted molar refractivity (Wildman–Crippen MR) is 85.3 cm³/mol. The minimum atomic E-state index is -0.265. The smallest absolute Gasteiger partial charge is 0.335 e. The average molecular weight is 308 g/mol. The molecule has 2 N–H and O–H groups in total. The van der Waals surface area contributed by atoms with Gasteiger partial charge >= 0.3 is 12.0 Å². The molecule has 0 aliphatic heterocycles. The highest BCUT2D eigenvalue weighted by Crippen LogP contribution is 2.25. The van der Waals surface area contributed by atoms with Gasteiger partial charge in [-0.2, -0.15) is 0 Å². The SMILES string of the molecule is CCCCOC(=O)C1=C(NC(=O)NC2CCCCC2)CCC1. The third kappa shape index (κ3) is 5.04. The Bertz CT molecular complexity index is 426. The van der Waals surface area contributed by atoms with Crippen LogP contribution in [0, 0.1) is 0 Å². The van der Waals surface area contributed by atoms with E-state index in [9.17, 15) is 9.59 Å². The molecule has 0 spiro atoms. The average Bonchev–Trinajstić information content (AvgIpc) is 2.96. The van der Waals surface area contributed by atoms with Gasteiger partial charge in [-0.1, -0.05) is 32.6 Å². The summed E-state index contributed by atoms with van der Waals surface area (Å²) in [5.41, 5.74) is 1.39. The van der Waals surface area contributed by atoms with E-state index < -0.39 is 0 Å². The summed E-state index contributed by atoms with van der Waals surface area (Å²) >= 11 is 0. The second kappa shape index (κ2) is 8.81. The van der Waals surface area contributed by atoms with Gasteiger partial charge in [0.2, 0.25) is 0 Å². The predicted octanol–water partition coefficient (Wildman–Crippen LogP) is 3.40. The Hall–Kier alpha value is -1.52. The van der Waals surface area contributed by atoms with Crippen LogP contribution in [0.5, 0.6) is 0 Å². The minimum absolute atomic E-state index is 0.178. The number of nitrogens with one attached hydrogen (secondary N) is 2. The first kappa shape index (κ1) is 16.8. The summed E-state index contributed by atoms with van der Waals surface area (Å²) in [7, 11) is 0. The van der Waals surface area contributed by atoms with E-state index in [0.29, 0.717) is 18.6 Å². The number of ether oxygens (including phenoxy) is 1. The fourth-order valence-corrected chi connectivity index (χ4v) is 3.11. The first-order chi connectivity index (χ1) is 10.7. The van der Waals surface area contributed by atoms with Crippen LogP contribution >= 0.6 is 0 Å². The number of hydrogen-bond acceptors (Lipinski definition) is 3. The van der Waals surface area contributed by atoms with Gasteiger partial charge in [-0.3, -0.25) is 0 Å². The molecular weight excluding hydrogens is 280 g/mol. The van der Waals surface area contributed by atoms with E-state index in [0.717, 1.165) is 44.2 Å². The molecule has 124 valence electrons. The lowest BCUT2D eigenvalue weighted by Crippen LogP contribution is -2.42. The van der Waals surface area contributed by atoms with Crippen molar-refractivity contribution >= 4 is 12.0 Å². The maximum Gasteiger partial charge on any atom is 0.335 e. The van der Waals surface area contributed by atoms with Gasteiger partial charge in [0.25, 0.3) is 0 Å². The van der Waals surface area contributed by atoms with E-state index in [4.69, 9.17) is 4.74 Å². The molecule has 5 heteroatoms. The molecule has 0 atom stereocenters. The number of carbonyl (C=O) groups excluding carboxylic acids is 2. The molecule has 22 heavy (non-hydrogen) atoms. The maximum absolute atomic E-state index is 12.1. The summed E-state index contributed by atoms with van der Waals surface area (Å²) in [6.07, 6.45) is 9.96. The van der Waals surface area contributed by atoms with Crippen molar-refractivity contribution in [1.29, 1.82) is 0 Å². The normalized spacial score (nSPS) is 19.1. The number of unbranched alkanes of at least 4 members (excludes halogenated alkanes) is 1. The fraction of sp³-hybridized carbons (Fsp3) is 0.765. The molecule has 0 heterocycles. The van der Waals surface area contributed by atoms with Crippen LogP contribution in [0.25, 0.3) is 0 Å². The Labute approximate surface area is 132 Å². The Kier molecular flexibility index (Phi) is 6.74. The molecule has 0 aromatic rings. The monoisotopic (exact) mass is 308 g/mol. The van der Waals surface area contributed by atoms with Crippen LogP contribution in [0.1, 0.15) is 71.1 Å². The third-order valence-corrected chi connectivity index (χ3v) is 4.40. The number of amides is 2.